The number of H-pyrrole nitrogens is 1. The first-order valence-electron chi connectivity index (χ1n) is 5.26. The van der Waals surface area contributed by atoms with E-state index in [1.807, 2.05) is 0 Å². The van der Waals surface area contributed by atoms with Gasteiger partial charge in [0.1, 0.15) is 0 Å². The van der Waals surface area contributed by atoms with E-state index in [1.165, 1.54) is 6.33 Å². The van der Waals surface area contributed by atoms with Crippen LogP contribution in [0.25, 0.3) is 0 Å². The van der Waals surface area contributed by atoms with Gasteiger partial charge in [-0.25, -0.2) is 9.78 Å². The molecule has 1 amide bonds. The van der Waals surface area contributed by atoms with Gasteiger partial charge in [0.15, 0.2) is 11.4 Å². The van der Waals surface area contributed by atoms with Gasteiger partial charge in [-0.3, -0.25) is 4.79 Å². The van der Waals surface area contributed by atoms with Crippen LogP contribution in [0.1, 0.15) is 46.7 Å². The zero-order chi connectivity index (χ0) is 11.5. The molecular formula is C10H13N3O3. The Balaban J connectivity index is 2.08. The van der Waals surface area contributed by atoms with Crippen LogP contribution in [0, 0.1) is 0 Å². The lowest BCUT2D eigenvalue weighted by molar-refractivity contribution is 0.0684. The number of aromatic carboxylic acids is 1. The molecule has 0 aromatic carbocycles. The maximum atomic E-state index is 11.7. The van der Waals surface area contributed by atoms with Crippen molar-refractivity contribution in [3.8, 4) is 0 Å². The van der Waals surface area contributed by atoms with Crippen molar-refractivity contribution in [3.63, 3.8) is 0 Å². The Kier molecular flexibility index (Phi) is 2.89. The first-order valence-corrected chi connectivity index (χ1v) is 5.26. The van der Waals surface area contributed by atoms with Crippen molar-refractivity contribution in [2.45, 2.75) is 31.7 Å². The Morgan fingerprint density at radius 2 is 2.12 bits per heavy atom. The summed E-state index contributed by atoms with van der Waals surface area (Å²) >= 11 is 0. The Labute approximate surface area is 92.1 Å². The van der Waals surface area contributed by atoms with E-state index in [2.05, 4.69) is 15.3 Å². The van der Waals surface area contributed by atoms with Crippen molar-refractivity contribution in [3.05, 3.63) is 17.7 Å². The fraction of sp³-hybridized carbons (Fsp3) is 0.500. The molecule has 0 radical (unpaired) electrons. The van der Waals surface area contributed by atoms with Gasteiger partial charge in [0, 0.05) is 6.04 Å². The summed E-state index contributed by atoms with van der Waals surface area (Å²) in [5.41, 5.74) is -0.199. The van der Waals surface area contributed by atoms with Crippen LogP contribution >= 0.6 is 0 Å². The van der Waals surface area contributed by atoms with E-state index in [4.69, 9.17) is 5.11 Å². The third-order valence-electron chi connectivity index (χ3n) is 2.76. The summed E-state index contributed by atoms with van der Waals surface area (Å²) in [6.45, 7) is 0. The molecular weight excluding hydrogens is 210 g/mol. The average molecular weight is 223 g/mol. The summed E-state index contributed by atoms with van der Waals surface area (Å²) in [7, 11) is 0. The van der Waals surface area contributed by atoms with Gasteiger partial charge >= 0.3 is 5.97 Å². The zero-order valence-corrected chi connectivity index (χ0v) is 8.69. The molecule has 2 rings (SSSR count). The number of hydrogen-bond acceptors (Lipinski definition) is 3. The van der Waals surface area contributed by atoms with Gasteiger partial charge in [-0.2, -0.15) is 0 Å². The lowest BCUT2D eigenvalue weighted by atomic mass is 10.2. The largest absolute Gasteiger partial charge is 0.477 e. The van der Waals surface area contributed by atoms with Crippen molar-refractivity contribution in [2.75, 3.05) is 0 Å². The highest BCUT2D eigenvalue weighted by atomic mass is 16.4. The van der Waals surface area contributed by atoms with Crippen LogP contribution in [0.2, 0.25) is 0 Å². The summed E-state index contributed by atoms with van der Waals surface area (Å²) in [6.07, 6.45) is 5.35. The number of imidazole rings is 1. The number of carboxylic acids is 1. The second-order valence-electron chi connectivity index (χ2n) is 3.89. The molecule has 16 heavy (non-hydrogen) atoms. The van der Waals surface area contributed by atoms with Gasteiger partial charge in [0.2, 0.25) is 0 Å². The van der Waals surface area contributed by atoms with E-state index in [1.54, 1.807) is 0 Å². The van der Waals surface area contributed by atoms with Crippen molar-refractivity contribution < 1.29 is 14.7 Å². The number of rotatable bonds is 3. The van der Waals surface area contributed by atoms with Crippen molar-refractivity contribution >= 4 is 11.9 Å². The lowest BCUT2D eigenvalue weighted by Crippen LogP contribution is -2.33. The number of carbonyl (C=O) groups excluding carboxylic acids is 1. The molecule has 0 spiro atoms. The normalized spacial score (nSPS) is 16.2. The molecule has 0 atom stereocenters. The van der Waals surface area contributed by atoms with Crippen molar-refractivity contribution in [1.29, 1.82) is 0 Å². The van der Waals surface area contributed by atoms with Crippen LogP contribution in [0.4, 0.5) is 0 Å². The highest BCUT2D eigenvalue weighted by Crippen LogP contribution is 2.18. The van der Waals surface area contributed by atoms with Gasteiger partial charge in [-0.1, -0.05) is 12.8 Å². The van der Waals surface area contributed by atoms with Gasteiger partial charge < -0.3 is 15.4 Å². The number of nitrogens with zero attached hydrogens (tertiary/aromatic N) is 1. The minimum atomic E-state index is -1.17. The molecule has 1 aromatic rings. The first kappa shape index (κ1) is 10.7. The van der Waals surface area contributed by atoms with Gasteiger partial charge in [0.05, 0.1) is 6.33 Å². The molecule has 0 bridgehead atoms. The third-order valence-corrected chi connectivity index (χ3v) is 2.76. The summed E-state index contributed by atoms with van der Waals surface area (Å²) in [5, 5.41) is 11.6. The highest BCUT2D eigenvalue weighted by molar-refractivity contribution is 6.02. The second-order valence-corrected chi connectivity index (χ2v) is 3.89. The Morgan fingerprint density at radius 1 is 1.44 bits per heavy atom. The number of aromatic nitrogens is 2. The molecule has 1 aromatic heterocycles. The minimum absolute atomic E-state index is 0.0422. The molecule has 86 valence electrons. The van der Waals surface area contributed by atoms with E-state index >= 15 is 0 Å². The second kappa shape index (κ2) is 4.34. The van der Waals surface area contributed by atoms with Gasteiger partial charge in [-0.15, -0.1) is 0 Å². The molecule has 1 fully saturated rings. The maximum absolute atomic E-state index is 11.7. The molecule has 1 aliphatic rings. The van der Waals surface area contributed by atoms with Crippen LogP contribution in [0.15, 0.2) is 6.33 Å². The molecule has 6 nitrogen and oxygen atoms in total. The Bertz CT molecular complexity index is 407. The quantitative estimate of drug-likeness (QED) is 0.705. The van der Waals surface area contributed by atoms with Crippen LogP contribution in [-0.4, -0.2) is 33.0 Å². The Hall–Kier alpha value is -1.85. The van der Waals surface area contributed by atoms with Gasteiger partial charge in [-0.05, 0) is 12.8 Å². The topological polar surface area (TPSA) is 95.1 Å². The number of carboxylic acid groups (broad SMARTS) is 1. The van der Waals surface area contributed by atoms with E-state index in [9.17, 15) is 9.59 Å². The number of carbonyl (C=O) groups is 2. The molecule has 1 heterocycles. The van der Waals surface area contributed by atoms with E-state index < -0.39 is 11.9 Å². The van der Waals surface area contributed by atoms with E-state index in [-0.39, 0.29) is 17.4 Å². The fourth-order valence-electron chi connectivity index (χ4n) is 1.95. The molecule has 0 unspecified atom stereocenters. The SMILES string of the molecule is O=C(NC1CCCC1)c1nc[nH]c1C(=O)O. The fourth-order valence-corrected chi connectivity index (χ4v) is 1.95. The summed E-state index contributed by atoms with van der Waals surface area (Å²) in [4.78, 5) is 28.7. The monoisotopic (exact) mass is 223 g/mol. The van der Waals surface area contributed by atoms with E-state index in [0.717, 1.165) is 25.7 Å². The van der Waals surface area contributed by atoms with Crippen LogP contribution < -0.4 is 5.32 Å². The smallest absolute Gasteiger partial charge is 0.354 e. The van der Waals surface area contributed by atoms with Crippen LogP contribution in [0.3, 0.4) is 0 Å². The molecule has 1 saturated carbocycles. The summed E-state index contributed by atoms with van der Waals surface area (Å²) in [5.74, 6) is -1.58. The standard InChI is InChI=1S/C10H13N3O3/c14-9(13-6-3-1-2-4-6)7-8(10(15)16)12-5-11-7/h5-6H,1-4H2,(H,11,12)(H,13,14)(H,15,16). The molecule has 6 heteroatoms. The molecule has 3 N–H and O–H groups in total. The van der Waals surface area contributed by atoms with Gasteiger partial charge in [0.25, 0.3) is 5.91 Å². The predicted molar refractivity (Wildman–Crippen MR) is 55.3 cm³/mol. The van der Waals surface area contributed by atoms with Crippen molar-refractivity contribution in [1.82, 2.24) is 15.3 Å². The van der Waals surface area contributed by atoms with Crippen LogP contribution in [-0.2, 0) is 0 Å². The van der Waals surface area contributed by atoms with Crippen molar-refractivity contribution in [2.24, 2.45) is 0 Å². The average Bonchev–Trinajstić information content (AvgIpc) is 2.86. The first-order chi connectivity index (χ1) is 7.68. The summed E-state index contributed by atoms with van der Waals surface area (Å²) < 4.78 is 0. The number of hydrogen-bond donors (Lipinski definition) is 3. The zero-order valence-electron chi connectivity index (χ0n) is 8.69. The highest BCUT2D eigenvalue weighted by Gasteiger charge is 2.23. The predicted octanol–water partition coefficient (Wildman–Crippen LogP) is 0.780. The third kappa shape index (κ3) is 2.05. The van der Waals surface area contributed by atoms with Crippen LogP contribution in [0.5, 0.6) is 0 Å². The summed E-state index contributed by atoms with van der Waals surface area (Å²) in [6, 6.07) is 0.158. The van der Waals surface area contributed by atoms with E-state index in [0.29, 0.717) is 0 Å². The number of amides is 1. The molecule has 0 saturated heterocycles. The number of nitrogens with one attached hydrogen (secondary N) is 2. The minimum Gasteiger partial charge on any atom is -0.477 e. The Morgan fingerprint density at radius 3 is 2.75 bits per heavy atom. The maximum Gasteiger partial charge on any atom is 0.354 e. The molecule has 1 aliphatic carbocycles. The lowest BCUT2D eigenvalue weighted by Gasteiger charge is -2.10. The number of aromatic amines is 1. The molecule has 0 aliphatic heterocycles.